The molecule has 2 atom stereocenters. The topological polar surface area (TPSA) is 86.8 Å². The van der Waals surface area contributed by atoms with Crippen molar-refractivity contribution >= 4 is 27.5 Å². The Kier molecular flexibility index (Phi) is 10.5. The molecule has 0 saturated heterocycles. The molecular formula is C31H38FN3O4S. The first-order valence-electron chi connectivity index (χ1n) is 13.5. The van der Waals surface area contributed by atoms with Crippen molar-refractivity contribution in [3.8, 4) is 0 Å². The van der Waals surface area contributed by atoms with E-state index >= 15 is 4.39 Å². The highest BCUT2D eigenvalue weighted by Crippen LogP contribution is 2.27. The first-order valence-corrected chi connectivity index (χ1v) is 14.9. The van der Waals surface area contributed by atoms with E-state index in [1.165, 1.54) is 35.2 Å². The Labute approximate surface area is 237 Å². The maximum Gasteiger partial charge on any atom is 0.264 e. The molecule has 214 valence electrons. The number of carbonyl (C=O) groups is 2. The summed E-state index contributed by atoms with van der Waals surface area (Å²) in [4.78, 5) is 28.7. The van der Waals surface area contributed by atoms with E-state index in [-0.39, 0.29) is 29.1 Å². The van der Waals surface area contributed by atoms with Crippen LogP contribution < -0.4 is 9.62 Å². The second-order valence-electron chi connectivity index (χ2n) is 10.0. The lowest BCUT2D eigenvalue weighted by Gasteiger charge is -2.33. The fraction of sp³-hybridized carbons (Fsp3) is 0.355. The summed E-state index contributed by atoms with van der Waals surface area (Å²) in [6, 6.07) is 18.2. The zero-order valence-electron chi connectivity index (χ0n) is 23.7. The van der Waals surface area contributed by atoms with Gasteiger partial charge < -0.3 is 10.2 Å². The zero-order chi connectivity index (χ0) is 29.4. The van der Waals surface area contributed by atoms with Gasteiger partial charge in [-0.3, -0.25) is 13.9 Å². The maximum absolute atomic E-state index is 15.0. The number of halogens is 1. The molecule has 0 bridgehead atoms. The minimum atomic E-state index is -4.33. The van der Waals surface area contributed by atoms with Gasteiger partial charge in [-0.25, -0.2) is 12.8 Å². The zero-order valence-corrected chi connectivity index (χ0v) is 24.5. The van der Waals surface area contributed by atoms with Crippen LogP contribution in [0.25, 0.3) is 0 Å². The summed E-state index contributed by atoms with van der Waals surface area (Å²) < 4.78 is 43.5. The fourth-order valence-corrected chi connectivity index (χ4v) is 5.79. The Morgan fingerprint density at radius 1 is 0.900 bits per heavy atom. The number of hydrogen-bond acceptors (Lipinski definition) is 4. The number of aryl methyl sites for hydroxylation is 2. The van der Waals surface area contributed by atoms with Crippen LogP contribution in [0.3, 0.4) is 0 Å². The number of hydrogen-bond donors (Lipinski definition) is 1. The van der Waals surface area contributed by atoms with Crippen LogP contribution in [0, 0.1) is 19.7 Å². The molecule has 9 heteroatoms. The molecule has 0 aliphatic rings. The number of nitrogens with zero attached hydrogens (tertiary/aromatic N) is 2. The maximum atomic E-state index is 15.0. The number of carbonyl (C=O) groups excluding carboxylic acids is 2. The van der Waals surface area contributed by atoms with Crippen molar-refractivity contribution in [3.63, 3.8) is 0 Å². The third-order valence-electron chi connectivity index (χ3n) is 6.83. The van der Waals surface area contributed by atoms with Gasteiger partial charge in [-0.05, 0) is 63.4 Å². The Morgan fingerprint density at radius 2 is 1.57 bits per heavy atom. The minimum Gasteiger partial charge on any atom is -0.352 e. The second kappa shape index (κ2) is 13.6. The summed E-state index contributed by atoms with van der Waals surface area (Å²) in [6.07, 6.45) is 1.02. The Morgan fingerprint density at radius 3 is 2.17 bits per heavy atom. The van der Waals surface area contributed by atoms with Gasteiger partial charge in [0.1, 0.15) is 18.4 Å². The molecule has 3 rings (SSSR count). The fourth-order valence-electron chi connectivity index (χ4n) is 4.37. The summed E-state index contributed by atoms with van der Waals surface area (Å²) in [5.74, 6) is -1.72. The summed E-state index contributed by atoms with van der Waals surface area (Å²) in [5, 5.41) is 2.94. The normalized spacial score (nSPS) is 12.8. The van der Waals surface area contributed by atoms with E-state index in [2.05, 4.69) is 5.32 Å². The molecule has 0 aromatic heterocycles. The summed E-state index contributed by atoms with van der Waals surface area (Å²) >= 11 is 0. The molecule has 2 amide bonds. The number of rotatable bonds is 12. The molecule has 3 aromatic carbocycles. The number of amides is 2. The average Bonchev–Trinajstić information content (AvgIpc) is 2.92. The van der Waals surface area contributed by atoms with Gasteiger partial charge in [-0.2, -0.15) is 0 Å². The number of sulfonamides is 1. The Balaban J connectivity index is 2.07. The molecule has 0 spiro atoms. The Hall–Kier alpha value is -3.72. The van der Waals surface area contributed by atoms with Crippen LogP contribution in [0.1, 0.15) is 50.3 Å². The van der Waals surface area contributed by atoms with E-state index in [9.17, 15) is 18.0 Å². The highest BCUT2D eigenvalue weighted by Gasteiger charge is 2.34. The molecule has 0 heterocycles. The largest absolute Gasteiger partial charge is 0.352 e. The third-order valence-corrected chi connectivity index (χ3v) is 8.61. The van der Waals surface area contributed by atoms with E-state index in [1.54, 1.807) is 19.1 Å². The lowest BCUT2D eigenvalue weighted by molar-refractivity contribution is -0.140. The smallest absolute Gasteiger partial charge is 0.264 e. The van der Waals surface area contributed by atoms with Crippen molar-refractivity contribution in [2.45, 2.75) is 71.0 Å². The van der Waals surface area contributed by atoms with Crippen LogP contribution in [-0.2, 0) is 26.2 Å². The van der Waals surface area contributed by atoms with E-state index in [1.807, 2.05) is 52.0 Å². The molecular weight excluding hydrogens is 529 g/mol. The summed E-state index contributed by atoms with van der Waals surface area (Å²) in [6.45, 7) is 8.78. The van der Waals surface area contributed by atoms with Crippen molar-refractivity contribution in [1.29, 1.82) is 0 Å². The predicted octanol–water partition coefficient (Wildman–Crippen LogP) is 5.36. The molecule has 0 aliphatic carbocycles. The average molecular weight is 568 g/mol. The van der Waals surface area contributed by atoms with Crippen molar-refractivity contribution in [2.75, 3.05) is 10.8 Å². The van der Waals surface area contributed by atoms with Crippen LogP contribution in [0.15, 0.2) is 77.7 Å². The van der Waals surface area contributed by atoms with Gasteiger partial charge in [0, 0.05) is 12.6 Å². The van der Waals surface area contributed by atoms with Crippen LogP contribution in [0.5, 0.6) is 0 Å². The predicted molar refractivity (Wildman–Crippen MR) is 156 cm³/mol. The summed E-state index contributed by atoms with van der Waals surface area (Å²) in [7, 11) is -4.33. The van der Waals surface area contributed by atoms with Crippen molar-refractivity contribution < 1.29 is 22.4 Å². The molecule has 0 fully saturated rings. The lowest BCUT2D eigenvalue weighted by Crippen LogP contribution is -2.53. The van der Waals surface area contributed by atoms with Gasteiger partial charge in [0.15, 0.2) is 0 Å². The first-order chi connectivity index (χ1) is 19.0. The highest BCUT2D eigenvalue weighted by molar-refractivity contribution is 7.92. The first kappa shape index (κ1) is 30.8. The van der Waals surface area contributed by atoms with Gasteiger partial charge >= 0.3 is 0 Å². The number of benzene rings is 3. The van der Waals surface area contributed by atoms with E-state index < -0.39 is 34.3 Å². The summed E-state index contributed by atoms with van der Waals surface area (Å²) in [5.41, 5.74) is 2.39. The van der Waals surface area contributed by atoms with Gasteiger partial charge in [-0.15, -0.1) is 0 Å². The van der Waals surface area contributed by atoms with Crippen LogP contribution >= 0.6 is 0 Å². The molecule has 1 N–H and O–H groups in total. The quantitative estimate of drug-likeness (QED) is 0.319. The number of anilines is 1. The SMILES string of the molecule is CC[C@H](C(=O)N[C@@H](C)CC)N(Cc1cccc(C)c1)C(=O)CN(c1ccccc1F)S(=O)(=O)c1ccc(C)cc1. The minimum absolute atomic E-state index is 0.0686. The third kappa shape index (κ3) is 7.47. The van der Waals surface area contributed by atoms with Gasteiger partial charge in [-0.1, -0.05) is 73.5 Å². The van der Waals surface area contributed by atoms with E-state index in [4.69, 9.17) is 0 Å². The molecule has 0 saturated carbocycles. The molecule has 0 aliphatic heterocycles. The number of nitrogens with one attached hydrogen (secondary N) is 1. The monoisotopic (exact) mass is 567 g/mol. The van der Waals surface area contributed by atoms with Crippen LogP contribution in [0.2, 0.25) is 0 Å². The molecule has 3 aromatic rings. The van der Waals surface area contributed by atoms with E-state index in [0.29, 0.717) is 12.8 Å². The van der Waals surface area contributed by atoms with Gasteiger partial charge in [0.2, 0.25) is 11.8 Å². The number of para-hydroxylation sites is 1. The lowest BCUT2D eigenvalue weighted by atomic mass is 10.1. The molecule has 7 nitrogen and oxygen atoms in total. The Bertz CT molecular complexity index is 1430. The van der Waals surface area contributed by atoms with E-state index in [0.717, 1.165) is 27.1 Å². The second-order valence-corrected chi connectivity index (χ2v) is 11.9. The highest BCUT2D eigenvalue weighted by atomic mass is 32.2. The van der Waals surface area contributed by atoms with Crippen LogP contribution in [-0.4, -0.2) is 43.8 Å². The molecule has 40 heavy (non-hydrogen) atoms. The van der Waals surface area contributed by atoms with Crippen molar-refractivity contribution in [1.82, 2.24) is 10.2 Å². The molecule has 0 unspecified atom stereocenters. The van der Waals surface area contributed by atoms with Crippen molar-refractivity contribution in [2.24, 2.45) is 0 Å². The van der Waals surface area contributed by atoms with Crippen molar-refractivity contribution in [3.05, 3.63) is 95.3 Å². The molecule has 0 radical (unpaired) electrons. The van der Waals surface area contributed by atoms with Crippen LogP contribution in [0.4, 0.5) is 10.1 Å². The standard InChI is InChI=1S/C31H38FN3O4S/c1-6-24(5)33-31(37)28(7-2)34(20-25-12-10-11-23(4)19-25)30(36)21-35(29-14-9-8-13-27(29)32)40(38,39)26-17-15-22(3)16-18-26/h8-19,24,28H,6-7,20-21H2,1-5H3,(H,33,37)/t24-,28+/m0/s1. The van der Waals surface area contributed by atoms with Gasteiger partial charge in [0.05, 0.1) is 10.6 Å². The van der Waals surface area contributed by atoms with Gasteiger partial charge in [0.25, 0.3) is 10.0 Å².